The summed E-state index contributed by atoms with van der Waals surface area (Å²) < 4.78 is 5.14. The van der Waals surface area contributed by atoms with Crippen LogP contribution in [0.15, 0.2) is 12.1 Å². The SMILES string of the molecule is COc1c#cc(C(CN(C)C)C2(O)CCCCC2)cc1. The largest absolute Gasteiger partial charge is 0.489 e. The summed E-state index contributed by atoms with van der Waals surface area (Å²) in [5.41, 5.74) is 0.422. The molecule has 1 aromatic carbocycles. The second-order valence-corrected chi connectivity index (χ2v) is 6.09. The molecule has 1 saturated carbocycles. The summed E-state index contributed by atoms with van der Waals surface area (Å²) in [6.07, 6.45) is 5.22. The van der Waals surface area contributed by atoms with Crippen molar-refractivity contribution in [3.05, 3.63) is 29.8 Å². The Morgan fingerprint density at radius 2 is 1.95 bits per heavy atom. The molecule has 1 aliphatic carbocycles. The Morgan fingerprint density at radius 3 is 2.45 bits per heavy atom. The highest BCUT2D eigenvalue weighted by atomic mass is 16.5. The fourth-order valence-electron chi connectivity index (χ4n) is 3.14. The normalized spacial score (nSPS) is 19.4. The lowest BCUT2D eigenvalue weighted by atomic mass is 9.73. The fraction of sp³-hybridized carbons (Fsp3) is 0.647. The summed E-state index contributed by atoms with van der Waals surface area (Å²) in [6.45, 7) is 0.827. The van der Waals surface area contributed by atoms with E-state index in [1.54, 1.807) is 7.11 Å². The maximum atomic E-state index is 11.1. The van der Waals surface area contributed by atoms with Crippen molar-refractivity contribution in [3.8, 4) is 5.75 Å². The molecule has 0 aliphatic heterocycles. The summed E-state index contributed by atoms with van der Waals surface area (Å²) in [5.74, 6) is 0.771. The van der Waals surface area contributed by atoms with Crippen molar-refractivity contribution >= 4 is 0 Å². The molecule has 1 aromatic rings. The van der Waals surface area contributed by atoms with Gasteiger partial charge in [0.05, 0.1) is 12.7 Å². The van der Waals surface area contributed by atoms with Crippen LogP contribution in [0, 0.1) is 12.1 Å². The van der Waals surface area contributed by atoms with E-state index in [1.165, 1.54) is 6.42 Å². The summed E-state index contributed by atoms with van der Waals surface area (Å²) in [6, 6.07) is 10.1. The van der Waals surface area contributed by atoms with Crippen LogP contribution in [0.3, 0.4) is 0 Å². The van der Waals surface area contributed by atoms with Crippen molar-refractivity contribution in [1.29, 1.82) is 0 Å². The van der Waals surface area contributed by atoms with Crippen molar-refractivity contribution < 1.29 is 9.84 Å². The van der Waals surface area contributed by atoms with E-state index in [9.17, 15) is 5.11 Å². The number of likely N-dealkylation sites (N-methyl/N-ethyl adjacent to an activating group) is 1. The number of rotatable bonds is 5. The highest BCUT2D eigenvalue weighted by molar-refractivity contribution is 5.25. The van der Waals surface area contributed by atoms with E-state index >= 15 is 0 Å². The second-order valence-electron chi connectivity index (χ2n) is 6.09. The topological polar surface area (TPSA) is 32.7 Å². The smallest absolute Gasteiger partial charge is 0.169 e. The Morgan fingerprint density at radius 1 is 1.25 bits per heavy atom. The minimum absolute atomic E-state index is 0.0833. The molecule has 1 fully saturated rings. The monoisotopic (exact) mass is 275 g/mol. The first-order valence-corrected chi connectivity index (χ1v) is 7.40. The third-order valence-corrected chi connectivity index (χ3v) is 4.26. The quantitative estimate of drug-likeness (QED) is 0.896. The molecule has 3 heteroatoms. The Bertz CT molecular complexity index is 408. The van der Waals surface area contributed by atoms with Crippen LogP contribution in [0.2, 0.25) is 0 Å². The van der Waals surface area contributed by atoms with Gasteiger partial charge in [-0.3, -0.25) is 0 Å². The summed E-state index contributed by atoms with van der Waals surface area (Å²) >= 11 is 0. The molecule has 0 heterocycles. The zero-order chi connectivity index (χ0) is 14.6. The number of aliphatic hydroxyl groups is 1. The van der Waals surface area contributed by atoms with Crippen molar-refractivity contribution in [1.82, 2.24) is 4.90 Å². The highest BCUT2D eigenvalue weighted by Gasteiger charge is 2.39. The predicted molar refractivity (Wildman–Crippen MR) is 80.0 cm³/mol. The van der Waals surface area contributed by atoms with Gasteiger partial charge in [-0.25, -0.2) is 0 Å². The van der Waals surface area contributed by atoms with Gasteiger partial charge in [0, 0.05) is 18.0 Å². The molecule has 0 spiro atoms. The Labute approximate surface area is 122 Å². The molecule has 2 rings (SSSR count). The van der Waals surface area contributed by atoms with E-state index in [0.717, 1.165) is 37.8 Å². The van der Waals surface area contributed by atoms with Gasteiger partial charge >= 0.3 is 0 Å². The molecule has 0 amide bonds. The van der Waals surface area contributed by atoms with Crippen LogP contribution < -0.4 is 4.74 Å². The highest BCUT2D eigenvalue weighted by Crippen LogP contribution is 2.39. The minimum atomic E-state index is -0.610. The van der Waals surface area contributed by atoms with Crippen LogP contribution in [0.25, 0.3) is 0 Å². The van der Waals surface area contributed by atoms with Crippen LogP contribution in [0.4, 0.5) is 0 Å². The molecule has 110 valence electrons. The van der Waals surface area contributed by atoms with Gasteiger partial charge < -0.3 is 14.7 Å². The Kier molecular flexibility index (Phi) is 4.91. The lowest BCUT2D eigenvalue weighted by molar-refractivity contribution is -0.0277. The molecule has 0 saturated heterocycles. The van der Waals surface area contributed by atoms with Crippen LogP contribution in [0.5, 0.6) is 5.75 Å². The van der Waals surface area contributed by atoms with E-state index in [-0.39, 0.29) is 5.92 Å². The van der Waals surface area contributed by atoms with Crippen molar-refractivity contribution in [2.75, 3.05) is 27.7 Å². The van der Waals surface area contributed by atoms with Gasteiger partial charge in [0.25, 0.3) is 0 Å². The lowest BCUT2D eigenvalue weighted by Gasteiger charge is -2.40. The molecule has 0 radical (unpaired) electrons. The van der Waals surface area contributed by atoms with Gasteiger partial charge in [-0.2, -0.15) is 0 Å². The third-order valence-electron chi connectivity index (χ3n) is 4.26. The van der Waals surface area contributed by atoms with Crippen LogP contribution in [-0.4, -0.2) is 43.4 Å². The molecular formula is C17H25NO2. The van der Waals surface area contributed by atoms with E-state index < -0.39 is 5.60 Å². The maximum Gasteiger partial charge on any atom is 0.169 e. The van der Waals surface area contributed by atoms with Gasteiger partial charge in [-0.15, -0.1) is 0 Å². The van der Waals surface area contributed by atoms with E-state index in [4.69, 9.17) is 4.74 Å². The van der Waals surface area contributed by atoms with Crippen molar-refractivity contribution in [2.45, 2.75) is 43.6 Å². The van der Waals surface area contributed by atoms with Crippen LogP contribution in [0.1, 0.15) is 43.6 Å². The van der Waals surface area contributed by atoms with Crippen LogP contribution >= 0.6 is 0 Å². The molecular weight excluding hydrogens is 250 g/mol. The number of hydrogen-bond acceptors (Lipinski definition) is 3. The van der Waals surface area contributed by atoms with Gasteiger partial charge in [-0.05, 0) is 45.1 Å². The third kappa shape index (κ3) is 3.45. The minimum Gasteiger partial charge on any atom is -0.489 e. The first kappa shape index (κ1) is 15.2. The zero-order valence-corrected chi connectivity index (χ0v) is 12.8. The van der Waals surface area contributed by atoms with Gasteiger partial charge in [0.15, 0.2) is 5.75 Å². The van der Waals surface area contributed by atoms with Crippen molar-refractivity contribution in [3.63, 3.8) is 0 Å². The molecule has 1 N–H and O–H groups in total. The van der Waals surface area contributed by atoms with E-state index in [2.05, 4.69) is 17.0 Å². The van der Waals surface area contributed by atoms with Gasteiger partial charge in [0.1, 0.15) is 0 Å². The number of hydrogen-bond donors (Lipinski definition) is 1. The first-order valence-electron chi connectivity index (χ1n) is 7.40. The molecule has 1 aliphatic rings. The molecule has 1 atom stereocenters. The molecule has 0 aromatic heterocycles. The fourth-order valence-corrected chi connectivity index (χ4v) is 3.14. The van der Waals surface area contributed by atoms with E-state index in [1.807, 2.05) is 26.2 Å². The Hall–Kier alpha value is -1.24. The average molecular weight is 275 g/mol. The summed E-state index contributed by atoms with van der Waals surface area (Å²) in [4.78, 5) is 2.13. The number of nitrogens with zero attached hydrogens (tertiary/aromatic N) is 1. The average Bonchev–Trinajstić information content (AvgIpc) is 2.45. The molecule has 3 nitrogen and oxygen atoms in total. The standard InChI is InChI=1S/C17H25NO2/c1-18(2)13-16(17(19)11-5-4-6-12-17)14-7-9-15(20-3)10-8-14/h7,9,16,19H,4-6,11-13H2,1-3H3. The molecule has 1 unspecified atom stereocenters. The summed E-state index contributed by atoms with van der Waals surface area (Å²) in [7, 11) is 5.73. The first-order chi connectivity index (χ1) is 9.55. The van der Waals surface area contributed by atoms with Crippen LogP contribution in [-0.2, 0) is 0 Å². The molecule has 0 bridgehead atoms. The van der Waals surface area contributed by atoms with E-state index in [0.29, 0.717) is 5.75 Å². The number of ether oxygens (including phenoxy) is 1. The van der Waals surface area contributed by atoms with Gasteiger partial charge in [-0.1, -0.05) is 25.3 Å². The zero-order valence-electron chi connectivity index (χ0n) is 12.8. The molecule has 20 heavy (non-hydrogen) atoms. The van der Waals surface area contributed by atoms with Gasteiger partial charge in [0.2, 0.25) is 0 Å². The summed E-state index contributed by atoms with van der Waals surface area (Å²) in [5, 5.41) is 11.1. The predicted octanol–water partition coefficient (Wildman–Crippen LogP) is 2.64. The number of methoxy groups -OCH3 is 1. The van der Waals surface area contributed by atoms with Crippen molar-refractivity contribution in [2.24, 2.45) is 0 Å². The lowest BCUT2D eigenvalue weighted by Crippen LogP contribution is -2.42. The maximum absolute atomic E-state index is 11.1. The Balaban J connectivity index is 2.25. The second kappa shape index (κ2) is 6.47.